The van der Waals surface area contributed by atoms with Gasteiger partial charge >= 0.3 is 6.03 Å². The molecular weight excluding hydrogens is 566 g/mol. The van der Waals surface area contributed by atoms with Crippen LogP contribution in [0.4, 0.5) is 25.1 Å². The average molecular weight is 605 g/mol. The van der Waals surface area contributed by atoms with Gasteiger partial charge in [-0.2, -0.15) is 0 Å². The highest BCUT2D eigenvalue weighted by Gasteiger charge is 2.31. The number of nitrogens with zero attached hydrogens (tertiary/aromatic N) is 4. The van der Waals surface area contributed by atoms with Gasteiger partial charge in [-0.1, -0.05) is 28.6 Å². The average Bonchev–Trinajstić information content (AvgIpc) is 3.77. The number of morpholine rings is 1. The molecule has 0 saturated carbocycles. The number of carbonyl (C=O) groups is 1. The van der Waals surface area contributed by atoms with Gasteiger partial charge in [0.2, 0.25) is 5.88 Å². The lowest BCUT2D eigenvalue weighted by Gasteiger charge is -2.26. The first-order valence-electron chi connectivity index (χ1n) is 16.7. The van der Waals surface area contributed by atoms with Crippen molar-refractivity contribution in [2.75, 3.05) is 63.2 Å². The molecule has 3 aromatic heterocycles. The van der Waals surface area contributed by atoms with Crippen molar-refractivity contribution in [2.24, 2.45) is 0 Å². The zero-order valence-electron chi connectivity index (χ0n) is 30.1. The van der Waals surface area contributed by atoms with Gasteiger partial charge in [0.05, 0.1) is 45.6 Å². The van der Waals surface area contributed by atoms with E-state index in [1.165, 1.54) is 24.3 Å². The van der Waals surface area contributed by atoms with Gasteiger partial charge in [-0.25, -0.2) is 18.6 Å². The molecule has 6 rings (SSSR count). The highest BCUT2D eigenvalue weighted by atomic mass is 32.1. The third-order valence-corrected chi connectivity index (χ3v) is 7.52. The number of ether oxygens (including phenoxy) is 2. The summed E-state index contributed by atoms with van der Waals surface area (Å²) in [6, 6.07) is 12.7. The van der Waals surface area contributed by atoms with Crippen molar-refractivity contribution in [2.45, 2.75) is 12.3 Å². The van der Waals surface area contributed by atoms with Crippen LogP contribution in [-0.2, 0) is 10.2 Å². The van der Waals surface area contributed by atoms with Crippen LogP contribution in [0.25, 0.3) is 26.4 Å². The lowest BCUT2D eigenvalue weighted by molar-refractivity contribution is 0.0322. The Bertz CT molecular complexity index is 2010. The van der Waals surface area contributed by atoms with Crippen LogP contribution < -0.4 is 15.4 Å². The van der Waals surface area contributed by atoms with E-state index in [9.17, 15) is 13.6 Å². The Morgan fingerprint density at radius 3 is 2.69 bits per heavy atom. The maximum atomic E-state index is 13.3. The summed E-state index contributed by atoms with van der Waals surface area (Å²) >= 11 is 1.38. The molecule has 0 atom stereocenters. The molecule has 2 N–H and O–H groups in total. The molecule has 5 aromatic rings. The molecule has 220 valence electrons. The number of urea groups is 1. The third-order valence-electron chi connectivity index (χ3n) is 6.51. The van der Waals surface area contributed by atoms with Crippen molar-refractivity contribution in [3.8, 4) is 17.0 Å². The number of imidazole rings is 1. The lowest BCUT2D eigenvalue weighted by Crippen LogP contribution is -2.38. The Morgan fingerprint density at radius 1 is 1.14 bits per heavy atom. The summed E-state index contributed by atoms with van der Waals surface area (Å²) in [6.45, 7) is -13.6. The lowest BCUT2D eigenvalue weighted by atomic mass is 9.90. The summed E-state index contributed by atoms with van der Waals surface area (Å²) in [7, 11) is 0. The van der Waals surface area contributed by atoms with Gasteiger partial charge < -0.3 is 19.3 Å². The Kier molecular flexibility index (Phi) is 5.72. The van der Waals surface area contributed by atoms with E-state index in [1.807, 2.05) is 10.6 Å². The topological polar surface area (TPSA) is 106 Å². The number of rotatable bonds is 10. The van der Waals surface area contributed by atoms with Gasteiger partial charge in [0, 0.05) is 48.5 Å². The number of fused-ring (bicyclic) bond motifs is 3. The van der Waals surface area contributed by atoms with E-state index in [4.69, 9.17) is 25.2 Å². The van der Waals surface area contributed by atoms with E-state index in [1.54, 1.807) is 42.5 Å². The van der Waals surface area contributed by atoms with Crippen LogP contribution in [0.5, 0.6) is 5.75 Å². The maximum absolute atomic E-state index is 13.3. The van der Waals surface area contributed by atoms with Crippen molar-refractivity contribution in [3.05, 3.63) is 60.4 Å². The molecule has 0 spiro atoms. The van der Waals surface area contributed by atoms with Crippen molar-refractivity contribution in [1.29, 1.82) is 0 Å². The van der Waals surface area contributed by atoms with Gasteiger partial charge in [-0.3, -0.25) is 14.6 Å². The quantitative estimate of drug-likeness (QED) is 0.209. The second-order valence-corrected chi connectivity index (χ2v) is 10.6. The molecule has 0 radical (unpaired) electrons. The number of alkyl halides is 2. The molecule has 2 aromatic carbocycles. The van der Waals surface area contributed by atoms with Gasteiger partial charge in [0.15, 0.2) is 4.96 Å². The van der Waals surface area contributed by atoms with Crippen molar-refractivity contribution in [3.63, 3.8) is 0 Å². The van der Waals surface area contributed by atoms with E-state index < -0.39 is 57.5 Å². The number of carbonyl (C=O) groups excluding carboxylic acids is 1. The van der Waals surface area contributed by atoms with Crippen LogP contribution in [0, 0.1) is 0 Å². The molecule has 1 aliphatic heterocycles. The van der Waals surface area contributed by atoms with E-state index in [0.29, 0.717) is 27.0 Å². The van der Waals surface area contributed by atoms with E-state index in [2.05, 4.69) is 20.5 Å². The van der Waals surface area contributed by atoms with E-state index in [-0.39, 0.29) is 18.2 Å². The normalized spacial score (nSPS) is 22.1. The first kappa shape index (κ1) is 19.9. The summed E-state index contributed by atoms with van der Waals surface area (Å²) in [5.41, 5.74) is 1.30. The zero-order valence-corrected chi connectivity index (χ0v) is 22.9. The van der Waals surface area contributed by atoms with Crippen LogP contribution in [0.3, 0.4) is 0 Å². The number of amides is 2. The molecule has 42 heavy (non-hydrogen) atoms. The molecule has 1 fully saturated rings. The van der Waals surface area contributed by atoms with Crippen LogP contribution in [-0.4, -0.2) is 78.1 Å². The fourth-order valence-electron chi connectivity index (χ4n) is 4.08. The maximum Gasteiger partial charge on any atom is 0.326 e. The first-order valence-corrected chi connectivity index (χ1v) is 13.5. The number of benzene rings is 2. The summed E-state index contributed by atoms with van der Waals surface area (Å²) in [5, 5.41) is 8.74. The molecule has 1 saturated heterocycles. The molecule has 2 amide bonds. The fourth-order valence-corrected chi connectivity index (χ4v) is 5.11. The van der Waals surface area contributed by atoms with E-state index in [0.717, 1.165) is 15.8 Å². The van der Waals surface area contributed by atoms with Crippen molar-refractivity contribution < 1.29 is 38.5 Å². The van der Waals surface area contributed by atoms with Crippen LogP contribution in [0.15, 0.2) is 59.3 Å². The molecule has 0 aliphatic carbocycles. The highest BCUT2D eigenvalue weighted by Crippen LogP contribution is 2.32. The minimum absolute atomic E-state index is 0.0445. The number of nitrogens with one attached hydrogen (secondary N) is 2. The number of thiazole rings is 1. The van der Waals surface area contributed by atoms with Crippen LogP contribution in [0.2, 0.25) is 0 Å². The third kappa shape index (κ3) is 5.94. The monoisotopic (exact) mass is 604 g/mol. The minimum atomic E-state index is -3.12. The van der Waals surface area contributed by atoms with Gasteiger partial charge in [0.25, 0.3) is 0 Å². The summed E-state index contributed by atoms with van der Waals surface area (Å²) in [6.07, 6.45) is 1.85. The Balaban J connectivity index is 1.09. The Hall–Kier alpha value is -4.07. The van der Waals surface area contributed by atoms with Gasteiger partial charge in [-0.05, 0) is 37.3 Å². The first-order chi connectivity index (χ1) is 23.4. The molecule has 0 unspecified atom stereocenters. The predicted octanol–water partition coefficient (Wildman–Crippen LogP) is 5.76. The number of anilines is 2. The fraction of sp³-hybridized carbons (Fsp3) is 0.345. The predicted molar refractivity (Wildman–Crippen MR) is 157 cm³/mol. The number of aromatic nitrogens is 3. The molecule has 0 bridgehead atoms. The largest absolute Gasteiger partial charge is 0.492 e. The van der Waals surface area contributed by atoms with Gasteiger partial charge in [-0.15, -0.1) is 0 Å². The Morgan fingerprint density at radius 2 is 1.93 bits per heavy atom. The standard InChI is InChI=1S/C29H30F2N6O4S/c1-29(17-30,18-31)25-15-26(41-35-25)34-27(38)32-20-4-2-19(3-5-20)22-16-37-23-7-6-21(14-24(23)42-28(37)33-22)40-13-10-36-8-11-39-12-9-36/h2-7,14-16H,8-13,17-18H2,1H3,(H2,32,34,38)/i8D2,9D2,11D2,12D2. The van der Waals surface area contributed by atoms with Gasteiger partial charge in [0.1, 0.15) is 25.7 Å². The summed E-state index contributed by atoms with van der Waals surface area (Å²) in [4.78, 5) is 18.3. The highest BCUT2D eigenvalue weighted by molar-refractivity contribution is 7.23. The second kappa shape index (κ2) is 12.0. The molecular formula is C29H30F2N6O4S. The summed E-state index contributed by atoms with van der Waals surface area (Å²) < 4.78 is 108. The smallest absolute Gasteiger partial charge is 0.326 e. The number of halogens is 2. The molecule has 13 heteroatoms. The van der Waals surface area contributed by atoms with Crippen LogP contribution >= 0.6 is 11.3 Å². The molecule has 1 aliphatic rings. The summed E-state index contributed by atoms with van der Waals surface area (Å²) in [5.74, 6) is 0.320. The van der Waals surface area contributed by atoms with E-state index >= 15 is 0 Å². The SMILES string of the molecule is [2H]C1([2H])OC([2H])([2H])C([2H])([2H])N(CCOc2ccc3c(c2)sc2nc(-c4ccc(NC(=O)Nc5cc(C(C)(CF)CF)no5)cc4)cn23)C1([2H])[2H]. The van der Waals surface area contributed by atoms with Crippen molar-refractivity contribution >= 4 is 44.1 Å². The minimum Gasteiger partial charge on any atom is -0.492 e. The number of hydrogen-bond donors (Lipinski definition) is 2. The van der Waals surface area contributed by atoms with Crippen LogP contribution in [0.1, 0.15) is 23.6 Å². The second-order valence-electron chi connectivity index (χ2n) is 9.60. The number of hydrogen-bond acceptors (Lipinski definition) is 8. The molecule has 4 heterocycles. The Labute approximate surface area is 255 Å². The van der Waals surface area contributed by atoms with Crippen molar-refractivity contribution in [1.82, 2.24) is 19.4 Å². The zero-order chi connectivity index (χ0) is 36.3. The molecule has 10 nitrogen and oxygen atoms in total.